The van der Waals surface area contributed by atoms with Crippen molar-refractivity contribution in [3.8, 4) is 6.07 Å². The van der Waals surface area contributed by atoms with Gasteiger partial charge in [-0.15, -0.1) is 0 Å². The molecule has 4 rings (SSSR count). The molecule has 5 heteroatoms. The molecule has 0 bridgehead atoms. The van der Waals surface area contributed by atoms with Crippen LogP contribution in [-0.2, 0) is 6.42 Å². The summed E-state index contributed by atoms with van der Waals surface area (Å²) in [4.78, 5) is 3.29. The Kier molecular flexibility index (Phi) is 5.74. The zero-order chi connectivity index (χ0) is 20.9. The number of benzene rings is 3. The molecule has 3 aromatic carbocycles. The van der Waals surface area contributed by atoms with Gasteiger partial charge in [0.15, 0.2) is 0 Å². The van der Waals surface area contributed by atoms with Gasteiger partial charge in [-0.2, -0.15) is 5.26 Å². The summed E-state index contributed by atoms with van der Waals surface area (Å²) in [6.07, 6.45) is 2.89. The van der Waals surface area contributed by atoms with E-state index in [0.717, 1.165) is 51.5 Å². The van der Waals surface area contributed by atoms with Crippen LogP contribution >= 0.6 is 11.6 Å². The monoisotopic (exact) mass is 412 g/mol. The number of nitrogens with zero attached hydrogens (tertiary/aromatic N) is 1. The molecule has 0 saturated heterocycles. The number of nitriles is 1. The lowest BCUT2D eigenvalue weighted by Crippen LogP contribution is -2.15. The lowest BCUT2D eigenvalue weighted by Gasteiger charge is -2.12. The number of halogens is 1. The van der Waals surface area contributed by atoms with Crippen molar-refractivity contribution < 1.29 is 0 Å². The van der Waals surface area contributed by atoms with Crippen molar-refractivity contribution >= 4 is 39.6 Å². The normalized spacial score (nSPS) is 10.5. The van der Waals surface area contributed by atoms with Crippen molar-refractivity contribution in [2.45, 2.75) is 6.42 Å². The highest BCUT2D eigenvalue weighted by molar-refractivity contribution is 6.31. The van der Waals surface area contributed by atoms with Gasteiger partial charge in [0.2, 0.25) is 0 Å². The molecule has 0 saturated carbocycles. The Balaban J connectivity index is 1.39. The Labute approximate surface area is 180 Å². The summed E-state index contributed by atoms with van der Waals surface area (Å²) < 4.78 is 0. The third kappa shape index (κ3) is 4.48. The van der Waals surface area contributed by atoms with Gasteiger partial charge >= 0.3 is 0 Å². The molecule has 1 aromatic heterocycles. The van der Waals surface area contributed by atoms with Crippen LogP contribution in [0, 0.1) is 11.3 Å². The van der Waals surface area contributed by atoms with Gasteiger partial charge in [-0.3, -0.25) is 0 Å². The largest absolute Gasteiger partial charge is 0.385 e. The first-order valence-electron chi connectivity index (χ1n) is 9.68. The number of fused-ring (bicyclic) bond motifs is 1. The summed E-state index contributed by atoms with van der Waals surface area (Å²) in [5.41, 5.74) is 6.63. The van der Waals surface area contributed by atoms with E-state index in [1.165, 1.54) is 5.56 Å². The van der Waals surface area contributed by atoms with Crippen LogP contribution in [0.15, 0.2) is 79.5 Å². The van der Waals surface area contributed by atoms with Gasteiger partial charge in [0.05, 0.1) is 11.6 Å². The van der Waals surface area contributed by atoms with Gasteiger partial charge in [0.25, 0.3) is 0 Å². The smallest absolute Gasteiger partial charge is 0.0992 e. The Morgan fingerprint density at radius 2 is 1.83 bits per heavy atom. The molecule has 3 N–H and O–H groups in total. The van der Waals surface area contributed by atoms with Crippen molar-refractivity contribution in [1.29, 1.82) is 5.26 Å². The molecule has 148 valence electrons. The van der Waals surface area contributed by atoms with Crippen molar-refractivity contribution in [3.05, 3.63) is 101 Å². The lowest BCUT2D eigenvalue weighted by atomic mass is 10.1. The fourth-order valence-electron chi connectivity index (χ4n) is 3.43. The number of hydrogen-bond acceptors (Lipinski definition) is 3. The van der Waals surface area contributed by atoms with Crippen molar-refractivity contribution in [2.75, 3.05) is 11.9 Å². The highest BCUT2D eigenvalue weighted by atomic mass is 35.5. The zero-order valence-corrected chi connectivity index (χ0v) is 17.1. The first-order chi connectivity index (χ1) is 14.6. The summed E-state index contributed by atoms with van der Waals surface area (Å²) in [5, 5.41) is 17.7. The van der Waals surface area contributed by atoms with Crippen LogP contribution in [0.25, 0.3) is 16.6 Å². The molecular formula is C25H21ClN4. The molecule has 0 amide bonds. The first-order valence-corrected chi connectivity index (χ1v) is 10.1. The molecule has 0 aliphatic carbocycles. The molecule has 0 aliphatic rings. The minimum Gasteiger partial charge on any atom is -0.385 e. The number of H-pyrrole nitrogens is 1. The Bertz CT molecular complexity index is 1250. The topological polar surface area (TPSA) is 63.6 Å². The highest BCUT2D eigenvalue weighted by Crippen LogP contribution is 2.23. The molecule has 0 unspecified atom stereocenters. The van der Waals surface area contributed by atoms with Crippen LogP contribution < -0.4 is 10.6 Å². The number of aromatic amines is 1. The first kappa shape index (κ1) is 19.6. The van der Waals surface area contributed by atoms with E-state index < -0.39 is 0 Å². The fourth-order valence-corrected chi connectivity index (χ4v) is 3.60. The second-order valence-corrected chi connectivity index (χ2v) is 7.49. The standard InChI is InChI=1S/C25H21ClN4/c1-17(28-11-10-20-16-29-25-9-8-21(26)14-24(20)25)19-5-3-7-23(13-19)30-22-6-2-4-18(12-22)15-27/h2-9,12-14,16,28-30H,1,10-11H2. The maximum absolute atomic E-state index is 9.06. The Morgan fingerprint density at radius 3 is 2.67 bits per heavy atom. The van der Waals surface area contributed by atoms with Crippen LogP contribution in [0.2, 0.25) is 5.02 Å². The molecule has 1 heterocycles. The third-order valence-electron chi connectivity index (χ3n) is 4.95. The molecule has 0 atom stereocenters. The average molecular weight is 413 g/mol. The maximum atomic E-state index is 9.06. The van der Waals surface area contributed by atoms with E-state index in [-0.39, 0.29) is 0 Å². The molecular weight excluding hydrogens is 392 g/mol. The van der Waals surface area contributed by atoms with Gasteiger partial charge in [-0.25, -0.2) is 0 Å². The van der Waals surface area contributed by atoms with E-state index in [0.29, 0.717) is 5.56 Å². The quantitative estimate of drug-likeness (QED) is 0.336. The lowest BCUT2D eigenvalue weighted by molar-refractivity contribution is 0.853. The van der Waals surface area contributed by atoms with Crippen molar-refractivity contribution in [2.24, 2.45) is 0 Å². The van der Waals surface area contributed by atoms with Gasteiger partial charge in [-0.1, -0.05) is 36.4 Å². The maximum Gasteiger partial charge on any atom is 0.0992 e. The van der Waals surface area contributed by atoms with Crippen LogP contribution in [0.5, 0.6) is 0 Å². The second kappa shape index (κ2) is 8.77. The van der Waals surface area contributed by atoms with Crippen LogP contribution in [0.3, 0.4) is 0 Å². The van der Waals surface area contributed by atoms with Gasteiger partial charge in [-0.05, 0) is 66.1 Å². The summed E-state index contributed by atoms with van der Waals surface area (Å²) >= 11 is 6.14. The minimum atomic E-state index is 0.626. The predicted octanol–water partition coefficient (Wildman–Crippen LogP) is 6.24. The van der Waals surface area contributed by atoms with Crippen LogP contribution in [0.1, 0.15) is 16.7 Å². The third-order valence-corrected chi connectivity index (χ3v) is 5.19. The highest BCUT2D eigenvalue weighted by Gasteiger charge is 2.06. The van der Waals surface area contributed by atoms with Gasteiger partial charge in [0, 0.05) is 45.7 Å². The number of aromatic nitrogens is 1. The summed E-state index contributed by atoms with van der Waals surface area (Å²) in [6, 6.07) is 23.5. The number of anilines is 2. The summed E-state index contributed by atoms with van der Waals surface area (Å²) in [5.74, 6) is 0. The molecule has 4 aromatic rings. The van der Waals surface area contributed by atoms with Crippen LogP contribution in [-0.4, -0.2) is 11.5 Å². The molecule has 0 spiro atoms. The SMILES string of the molecule is C=C(NCCc1c[nH]c2ccc(Cl)cc12)c1cccc(Nc2cccc(C#N)c2)c1. The Morgan fingerprint density at radius 1 is 1.03 bits per heavy atom. The number of hydrogen-bond donors (Lipinski definition) is 3. The van der Waals surface area contributed by atoms with Crippen LogP contribution in [0.4, 0.5) is 11.4 Å². The molecule has 0 aliphatic heterocycles. The van der Waals surface area contributed by atoms with Gasteiger partial charge < -0.3 is 15.6 Å². The minimum absolute atomic E-state index is 0.626. The molecule has 0 fully saturated rings. The van der Waals surface area contributed by atoms with Crippen molar-refractivity contribution in [3.63, 3.8) is 0 Å². The zero-order valence-electron chi connectivity index (χ0n) is 16.4. The fraction of sp³-hybridized carbons (Fsp3) is 0.0800. The van der Waals surface area contributed by atoms with E-state index >= 15 is 0 Å². The second-order valence-electron chi connectivity index (χ2n) is 7.06. The predicted molar refractivity (Wildman–Crippen MR) is 125 cm³/mol. The molecule has 4 nitrogen and oxygen atoms in total. The average Bonchev–Trinajstić information content (AvgIpc) is 3.16. The van der Waals surface area contributed by atoms with E-state index in [2.05, 4.69) is 28.3 Å². The number of rotatable bonds is 7. The van der Waals surface area contributed by atoms with E-state index in [1.54, 1.807) is 6.07 Å². The number of nitrogens with one attached hydrogen (secondary N) is 3. The summed E-state index contributed by atoms with van der Waals surface area (Å²) in [7, 11) is 0. The summed E-state index contributed by atoms with van der Waals surface area (Å²) in [6.45, 7) is 4.95. The molecule has 30 heavy (non-hydrogen) atoms. The van der Waals surface area contributed by atoms with E-state index in [1.807, 2.05) is 66.9 Å². The van der Waals surface area contributed by atoms with E-state index in [4.69, 9.17) is 16.9 Å². The van der Waals surface area contributed by atoms with E-state index in [9.17, 15) is 0 Å². The van der Waals surface area contributed by atoms with Gasteiger partial charge in [0.1, 0.15) is 0 Å². The molecule has 0 radical (unpaired) electrons. The van der Waals surface area contributed by atoms with Crippen molar-refractivity contribution in [1.82, 2.24) is 10.3 Å². The Hall–Kier alpha value is -3.68.